The van der Waals surface area contributed by atoms with Gasteiger partial charge in [0.1, 0.15) is 16.5 Å². The zero-order chi connectivity index (χ0) is 24.6. The molecule has 6 rings (SSSR count). The van der Waals surface area contributed by atoms with E-state index in [1.807, 2.05) is 64.2 Å². The molecule has 5 aromatic rings. The number of aromatic nitrogens is 4. The van der Waals surface area contributed by atoms with Crippen molar-refractivity contribution in [3.05, 3.63) is 101 Å². The lowest BCUT2D eigenvalue weighted by molar-refractivity contribution is 0.0638. The van der Waals surface area contributed by atoms with Gasteiger partial charge in [0.05, 0.1) is 6.04 Å². The monoisotopic (exact) mass is 495 g/mol. The third kappa shape index (κ3) is 3.99. The maximum absolute atomic E-state index is 13.4. The normalized spacial score (nSPS) is 15.1. The largest absolute Gasteiger partial charge is 0.327 e. The van der Waals surface area contributed by atoms with E-state index in [1.54, 1.807) is 12.1 Å². The van der Waals surface area contributed by atoms with Gasteiger partial charge in [-0.25, -0.2) is 9.37 Å². The van der Waals surface area contributed by atoms with Crippen LogP contribution in [0.3, 0.4) is 0 Å². The van der Waals surface area contributed by atoms with E-state index in [0.717, 1.165) is 33.2 Å². The number of hydrogen-bond donors (Lipinski definition) is 0. The molecule has 6 nitrogen and oxygen atoms in total. The van der Waals surface area contributed by atoms with Crippen LogP contribution in [0.2, 0.25) is 0 Å². The van der Waals surface area contributed by atoms with E-state index in [9.17, 15) is 9.18 Å². The summed E-state index contributed by atoms with van der Waals surface area (Å²) >= 11 is 1.48. The van der Waals surface area contributed by atoms with Crippen molar-refractivity contribution in [3.63, 3.8) is 0 Å². The Morgan fingerprint density at radius 3 is 2.33 bits per heavy atom. The summed E-state index contributed by atoms with van der Waals surface area (Å²) in [5.41, 5.74) is 4.42. The van der Waals surface area contributed by atoms with Crippen molar-refractivity contribution in [1.82, 2.24) is 24.6 Å². The van der Waals surface area contributed by atoms with Crippen molar-refractivity contribution in [1.29, 1.82) is 0 Å². The second-order valence-corrected chi connectivity index (χ2v) is 9.55. The van der Waals surface area contributed by atoms with Crippen LogP contribution in [0.25, 0.3) is 33.2 Å². The Kier molecular flexibility index (Phi) is 5.65. The maximum Gasteiger partial charge on any atom is 0.254 e. The number of carbonyl (C=O) groups is 1. The topological polar surface area (TPSA) is 63.9 Å². The molecule has 0 aliphatic carbocycles. The average Bonchev–Trinajstić information content (AvgIpc) is 3.58. The number of amides is 1. The average molecular weight is 496 g/mol. The van der Waals surface area contributed by atoms with E-state index in [1.165, 1.54) is 23.5 Å². The Morgan fingerprint density at radius 1 is 0.889 bits per heavy atom. The lowest BCUT2D eigenvalue weighted by atomic mass is 10.0. The standard InChI is InChI=1S/C28H22FN5OS/c1-18-25-31-32-26(24-17-36-27(30-24)21-11-13-23(29)14-12-21)34(25)16-15-33(18)28(35)22-9-7-20(8-10-22)19-5-3-2-4-6-19/h2-14,17-18H,15-16H2,1H3/t18-/m1/s1. The molecule has 1 amide bonds. The molecule has 1 aliphatic rings. The molecule has 0 spiro atoms. The van der Waals surface area contributed by atoms with Gasteiger partial charge in [0.25, 0.3) is 5.91 Å². The molecule has 178 valence electrons. The van der Waals surface area contributed by atoms with Crippen molar-refractivity contribution in [2.45, 2.75) is 19.5 Å². The molecule has 1 aliphatic heterocycles. The Labute approximate surface area is 211 Å². The molecule has 0 bridgehead atoms. The van der Waals surface area contributed by atoms with Crippen molar-refractivity contribution >= 4 is 17.2 Å². The zero-order valence-electron chi connectivity index (χ0n) is 19.5. The third-order valence-corrected chi connectivity index (χ3v) is 7.40. The number of hydrogen-bond acceptors (Lipinski definition) is 5. The number of carbonyl (C=O) groups excluding carboxylic acids is 1. The summed E-state index contributed by atoms with van der Waals surface area (Å²) in [5, 5.41) is 11.6. The van der Waals surface area contributed by atoms with E-state index >= 15 is 0 Å². The van der Waals surface area contributed by atoms with Crippen LogP contribution in [0, 0.1) is 5.82 Å². The smallest absolute Gasteiger partial charge is 0.254 e. The highest BCUT2D eigenvalue weighted by Crippen LogP contribution is 2.32. The number of thiazole rings is 1. The van der Waals surface area contributed by atoms with E-state index in [2.05, 4.69) is 22.3 Å². The molecule has 2 aromatic heterocycles. The lowest BCUT2D eigenvalue weighted by Gasteiger charge is -2.33. The number of halogens is 1. The summed E-state index contributed by atoms with van der Waals surface area (Å²) in [7, 11) is 0. The van der Waals surface area contributed by atoms with Gasteiger partial charge in [0.2, 0.25) is 0 Å². The zero-order valence-corrected chi connectivity index (χ0v) is 20.3. The van der Waals surface area contributed by atoms with E-state index < -0.39 is 0 Å². The van der Waals surface area contributed by atoms with E-state index in [0.29, 0.717) is 24.5 Å². The number of nitrogens with zero attached hydrogens (tertiary/aromatic N) is 5. The first kappa shape index (κ1) is 22.3. The van der Waals surface area contributed by atoms with Gasteiger partial charge in [-0.15, -0.1) is 21.5 Å². The van der Waals surface area contributed by atoms with Crippen LogP contribution in [0.1, 0.15) is 29.1 Å². The summed E-state index contributed by atoms with van der Waals surface area (Å²) in [4.78, 5) is 19.9. The molecule has 0 N–H and O–H groups in total. The minimum absolute atomic E-state index is 0.0230. The summed E-state index contributed by atoms with van der Waals surface area (Å²) in [6, 6.07) is 23.9. The Balaban J connectivity index is 1.22. The van der Waals surface area contributed by atoms with Gasteiger partial charge >= 0.3 is 0 Å². The number of fused-ring (bicyclic) bond motifs is 1. The van der Waals surface area contributed by atoms with Gasteiger partial charge in [0, 0.05) is 29.6 Å². The molecule has 0 fully saturated rings. The van der Waals surface area contributed by atoms with Crippen LogP contribution in [0.15, 0.2) is 84.2 Å². The SMILES string of the molecule is C[C@@H]1c2nnc(-c3csc(-c4ccc(F)cc4)n3)n2CCN1C(=O)c1ccc(-c2ccccc2)cc1. The third-order valence-electron chi connectivity index (χ3n) is 6.51. The van der Waals surface area contributed by atoms with Crippen LogP contribution < -0.4 is 0 Å². The highest BCUT2D eigenvalue weighted by Gasteiger charge is 2.32. The highest BCUT2D eigenvalue weighted by atomic mass is 32.1. The molecule has 0 unspecified atom stereocenters. The summed E-state index contributed by atoms with van der Waals surface area (Å²) in [6.07, 6.45) is 0. The fourth-order valence-corrected chi connectivity index (χ4v) is 5.36. The highest BCUT2D eigenvalue weighted by molar-refractivity contribution is 7.13. The molecule has 0 saturated heterocycles. The van der Waals surface area contributed by atoms with Crippen LogP contribution in [-0.2, 0) is 6.54 Å². The van der Waals surface area contributed by atoms with E-state index in [4.69, 9.17) is 4.98 Å². The molecular weight excluding hydrogens is 473 g/mol. The van der Waals surface area contributed by atoms with Crippen molar-refractivity contribution in [3.8, 4) is 33.2 Å². The molecule has 3 heterocycles. The quantitative estimate of drug-likeness (QED) is 0.303. The van der Waals surface area contributed by atoms with Crippen molar-refractivity contribution < 1.29 is 9.18 Å². The molecule has 0 radical (unpaired) electrons. The Morgan fingerprint density at radius 2 is 1.58 bits per heavy atom. The molecule has 1 atom stereocenters. The van der Waals surface area contributed by atoms with Crippen LogP contribution in [-0.4, -0.2) is 37.1 Å². The van der Waals surface area contributed by atoms with Crippen molar-refractivity contribution in [2.24, 2.45) is 0 Å². The minimum atomic E-state index is -0.276. The summed E-state index contributed by atoms with van der Waals surface area (Å²) in [5.74, 6) is 1.12. The second kappa shape index (κ2) is 9.13. The minimum Gasteiger partial charge on any atom is -0.327 e. The first-order chi connectivity index (χ1) is 17.6. The Hall–Kier alpha value is -4.17. The predicted octanol–water partition coefficient (Wildman–Crippen LogP) is 6.09. The van der Waals surface area contributed by atoms with Gasteiger partial charge in [-0.3, -0.25) is 4.79 Å². The first-order valence-electron chi connectivity index (χ1n) is 11.7. The van der Waals surface area contributed by atoms with Gasteiger partial charge in [0.15, 0.2) is 11.6 Å². The second-order valence-electron chi connectivity index (χ2n) is 8.70. The number of benzene rings is 3. The van der Waals surface area contributed by atoms with Gasteiger partial charge < -0.3 is 9.47 Å². The fraction of sp³-hybridized carbons (Fsp3) is 0.143. The molecule has 8 heteroatoms. The fourth-order valence-electron chi connectivity index (χ4n) is 4.56. The van der Waals surface area contributed by atoms with Gasteiger partial charge in [-0.05, 0) is 54.4 Å². The van der Waals surface area contributed by atoms with Crippen LogP contribution >= 0.6 is 11.3 Å². The number of rotatable bonds is 4. The van der Waals surface area contributed by atoms with Crippen molar-refractivity contribution in [2.75, 3.05) is 6.54 Å². The Bertz CT molecular complexity index is 1530. The first-order valence-corrected chi connectivity index (χ1v) is 12.6. The van der Waals surface area contributed by atoms with Gasteiger partial charge in [-0.1, -0.05) is 42.5 Å². The molecular formula is C28H22FN5OS. The molecule has 3 aromatic carbocycles. The maximum atomic E-state index is 13.4. The van der Waals surface area contributed by atoms with Crippen LogP contribution in [0.5, 0.6) is 0 Å². The van der Waals surface area contributed by atoms with Gasteiger partial charge in [-0.2, -0.15) is 0 Å². The summed E-state index contributed by atoms with van der Waals surface area (Å²) in [6.45, 7) is 3.11. The predicted molar refractivity (Wildman–Crippen MR) is 138 cm³/mol. The van der Waals surface area contributed by atoms with Crippen LogP contribution in [0.4, 0.5) is 4.39 Å². The molecule has 36 heavy (non-hydrogen) atoms. The molecule has 0 saturated carbocycles. The summed E-state index contributed by atoms with van der Waals surface area (Å²) < 4.78 is 15.3. The van der Waals surface area contributed by atoms with E-state index in [-0.39, 0.29) is 17.8 Å². The lowest BCUT2D eigenvalue weighted by Crippen LogP contribution is -2.41.